The molecule has 2 aromatic rings. The van der Waals surface area contributed by atoms with Gasteiger partial charge in [0, 0.05) is 18.8 Å². The lowest BCUT2D eigenvalue weighted by Crippen LogP contribution is -2.26. The average molecular weight is 302 g/mol. The predicted molar refractivity (Wildman–Crippen MR) is 87.0 cm³/mol. The van der Waals surface area contributed by atoms with E-state index in [0.29, 0.717) is 16.7 Å². The topological polar surface area (TPSA) is 71.2 Å². The number of anilines is 3. The summed E-state index contributed by atoms with van der Waals surface area (Å²) in [6.45, 7) is 0. The van der Waals surface area contributed by atoms with Crippen LogP contribution >= 0.6 is 11.3 Å². The molecule has 0 bridgehead atoms. The van der Waals surface area contributed by atoms with Gasteiger partial charge >= 0.3 is 0 Å². The SMILES string of the molecule is CN(C(=O)c1sc(NC2CCC2)nc1N)c1ccccc1. The fourth-order valence-electron chi connectivity index (χ4n) is 2.20. The van der Waals surface area contributed by atoms with Crippen LogP contribution in [0.5, 0.6) is 0 Å². The lowest BCUT2D eigenvalue weighted by molar-refractivity contribution is 0.0997. The Bertz CT molecular complexity index is 636. The first kappa shape index (κ1) is 13.9. The highest BCUT2D eigenvalue weighted by molar-refractivity contribution is 7.18. The Hall–Kier alpha value is -2.08. The van der Waals surface area contributed by atoms with E-state index in [9.17, 15) is 4.79 Å². The third kappa shape index (κ3) is 2.85. The van der Waals surface area contributed by atoms with Crippen LogP contribution in [0.2, 0.25) is 0 Å². The van der Waals surface area contributed by atoms with Gasteiger partial charge in [-0.1, -0.05) is 29.5 Å². The van der Waals surface area contributed by atoms with Crippen LogP contribution in [0.3, 0.4) is 0 Å². The molecule has 0 radical (unpaired) electrons. The van der Waals surface area contributed by atoms with E-state index in [1.165, 1.54) is 17.8 Å². The standard InChI is InChI=1S/C15H18N4OS/c1-19(11-8-3-2-4-9-11)14(20)12-13(16)18-15(21-12)17-10-6-5-7-10/h2-4,8-10H,5-7,16H2,1H3,(H,17,18). The summed E-state index contributed by atoms with van der Waals surface area (Å²) in [7, 11) is 1.75. The first-order valence-electron chi connectivity index (χ1n) is 7.01. The van der Waals surface area contributed by atoms with Gasteiger partial charge in [-0.05, 0) is 31.4 Å². The van der Waals surface area contributed by atoms with E-state index >= 15 is 0 Å². The molecule has 0 unspecified atom stereocenters. The molecule has 3 rings (SSSR count). The van der Waals surface area contributed by atoms with Gasteiger partial charge in [0.2, 0.25) is 0 Å². The molecule has 1 fully saturated rings. The number of amides is 1. The number of rotatable bonds is 4. The Morgan fingerprint density at radius 2 is 2.10 bits per heavy atom. The van der Waals surface area contributed by atoms with E-state index in [1.54, 1.807) is 11.9 Å². The molecule has 1 aromatic heterocycles. The van der Waals surface area contributed by atoms with Crippen molar-refractivity contribution in [1.29, 1.82) is 0 Å². The largest absolute Gasteiger partial charge is 0.382 e. The molecule has 1 saturated carbocycles. The molecule has 0 spiro atoms. The number of carbonyl (C=O) groups is 1. The van der Waals surface area contributed by atoms with Gasteiger partial charge in [0.1, 0.15) is 10.7 Å². The number of nitrogens with one attached hydrogen (secondary N) is 1. The zero-order valence-electron chi connectivity index (χ0n) is 11.9. The molecule has 1 aliphatic carbocycles. The third-order valence-electron chi connectivity index (χ3n) is 3.73. The number of hydrogen-bond acceptors (Lipinski definition) is 5. The highest BCUT2D eigenvalue weighted by Crippen LogP contribution is 2.30. The normalized spacial score (nSPS) is 14.5. The molecule has 21 heavy (non-hydrogen) atoms. The smallest absolute Gasteiger partial charge is 0.272 e. The lowest BCUT2D eigenvalue weighted by Gasteiger charge is -2.25. The van der Waals surface area contributed by atoms with E-state index in [0.717, 1.165) is 23.7 Å². The maximum Gasteiger partial charge on any atom is 0.272 e. The number of nitrogens with two attached hydrogens (primary N) is 1. The summed E-state index contributed by atoms with van der Waals surface area (Å²) in [5.74, 6) is 0.174. The van der Waals surface area contributed by atoms with E-state index in [2.05, 4.69) is 10.3 Å². The van der Waals surface area contributed by atoms with Crippen LogP contribution in [-0.4, -0.2) is 24.0 Å². The van der Waals surface area contributed by atoms with Crippen molar-refractivity contribution in [1.82, 2.24) is 4.98 Å². The zero-order chi connectivity index (χ0) is 14.8. The van der Waals surface area contributed by atoms with Crippen LogP contribution in [0.1, 0.15) is 28.9 Å². The molecule has 5 nitrogen and oxygen atoms in total. The molecule has 0 atom stereocenters. The number of benzene rings is 1. The van der Waals surface area contributed by atoms with Gasteiger partial charge in [0.15, 0.2) is 5.13 Å². The summed E-state index contributed by atoms with van der Waals surface area (Å²) in [6, 6.07) is 9.98. The molecule has 6 heteroatoms. The molecule has 3 N–H and O–H groups in total. The second-order valence-electron chi connectivity index (χ2n) is 5.21. The molecule has 1 aromatic carbocycles. The number of para-hydroxylation sites is 1. The van der Waals surface area contributed by atoms with Crippen molar-refractivity contribution in [2.75, 3.05) is 23.0 Å². The van der Waals surface area contributed by atoms with Crippen molar-refractivity contribution in [3.63, 3.8) is 0 Å². The van der Waals surface area contributed by atoms with Crippen LogP contribution in [0.15, 0.2) is 30.3 Å². The maximum absolute atomic E-state index is 12.5. The van der Waals surface area contributed by atoms with Gasteiger partial charge in [-0.3, -0.25) is 4.79 Å². The number of carbonyl (C=O) groups excluding carboxylic acids is 1. The lowest BCUT2D eigenvalue weighted by atomic mass is 9.93. The van der Waals surface area contributed by atoms with Crippen molar-refractivity contribution in [3.05, 3.63) is 35.2 Å². The van der Waals surface area contributed by atoms with Crippen molar-refractivity contribution in [2.45, 2.75) is 25.3 Å². The Kier molecular flexibility index (Phi) is 3.79. The maximum atomic E-state index is 12.5. The Balaban J connectivity index is 1.77. The molecule has 1 aliphatic rings. The summed E-state index contributed by atoms with van der Waals surface area (Å²) in [5.41, 5.74) is 6.74. The quantitative estimate of drug-likeness (QED) is 0.911. The molecular formula is C15H18N4OS. The molecule has 1 amide bonds. The van der Waals surface area contributed by atoms with Gasteiger partial charge in [0.25, 0.3) is 5.91 Å². The third-order valence-corrected chi connectivity index (χ3v) is 4.72. The second kappa shape index (κ2) is 5.73. The second-order valence-corrected chi connectivity index (χ2v) is 6.20. The number of thiazole rings is 1. The van der Waals surface area contributed by atoms with Gasteiger partial charge in [-0.25, -0.2) is 4.98 Å². The molecule has 0 saturated heterocycles. The summed E-state index contributed by atoms with van der Waals surface area (Å²) in [4.78, 5) is 18.9. The van der Waals surface area contributed by atoms with Gasteiger partial charge in [0.05, 0.1) is 0 Å². The molecule has 0 aliphatic heterocycles. The first-order valence-corrected chi connectivity index (χ1v) is 7.83. The van der Waals surface area contributed by atoms with E-state index < -0.39 is 0 Å². The van der Waals surface area contributed by atoms with Crippen molar-refractivity contribution < 1.29 is 4.79 Å². The van der Waals surface area contributed by atoms with Gasteiger partial charge in [-0.2, -0.15) is 0 Å². The molecular weight excluding hydrogens is 284 g/mol. The summed E-state index contributed by atoms with van der Waals surface area (Å²) >= 11 is 1.33. The van der Waals surface area contributed by atoms with Crippen LogP contribution in [0, 0.1) is 0 Å². The molecule has 110 valence electrons. The van der Waals surface area contributed by atoms with Crippen LogP contribution in [-0.2, 0) is 0 Å². The van der Waals surface area contributed by atoms with Crippen molar-refractivity contribution >= 4 is 33.9 Å². The van der Waals surface area contributed by atoms with Gasteiger partial charge in [-0.15, -0.1) is 0 Å². The van der Waals surface area contributed by atoms with Gasteiger partial charge < -0.3 is 16.0 Å². The minimum Gasteiger partial charge on any atom is -0.382 e. The highest BCUT2D eigenvalue weighted by atomic mass is 32.1. The Morgan fingerprint density at radius 1 is 1.38 bits per heavy atom. The number of nitrogen functional groups attached to an aromatic ring is 1. The van der Waals surface area contributed by atoms with E-state index in [1.807, 2.05) is 30.3 Å². The number of nitrogens with zero attached hydrogens (tertiary/aromatic N) is 2. The minimum atomic E-state index is -0.127. The van der Waals surface area contributed by atoms with E-state index in [-0.39, 0.29) is 5.91 Å². The fourth-order valence-corrected chi connectivity index (χ4v) is 3.13. The summed E-state index contributed by atoms with van der Waals surface area (Å²) in [5, 5.41) is 4.07. The molecule has 1 heterocycles. The van der Waals surface area contributed by atoms with Crippen LogP contribution in [0.4, 0.5) is 16.6 Å². The Morgan fingerprint density at radius 3 is 2.71 bits per heavy atom. The predicted octanol–water partition coefficient (Wildman–Crippen LogP) is 2.97. The number of hydrogen-bond donors (Lipinski definition) is 2. The van der Waals surface area contributed by atoms with Crippen molar-refractivity contribution in [2.24, 2.45) is 0 Å². The average Bonchev–Trinajstić information content (AvgIpc) is 2.83. The summed E-state index contributed by atoms with van der Waals surface area (Å²) < 4.78 is 0. The Labute approximate surface area is 127 Å². The van der Waals surface area contributed by atoms with Crippen LogP contribution < -0.4 is 16.0 Å². The number of aromatic nitrogens is 1. The zero-order valence-corrected chi connectivity index (χ0v) is 12.7. The monoisotopic (exact) mass is 302 g/mol. The summed E-state index contributed by atoms with van der Waals surface area (Å²) in [6.07, 6.45) is 3.57. The highest BCUT2D eigenvalue weighted by Gasteiger charge is 2.23. The minimum absolute atomic E-state index is 0.127. The first-order chi connectivity index (χ1) is 10.1. The van der Waals surface area contributed by atoms with Crippen LogP contribution in [0.25, 0.3) is 0 Å². The fraction of sp³-hybridized carbons (Fsp3) is 0.333. The van der Waals surface area contributed by atoms with Crippen molar-refractivity contribution in [3.8, 4) is 0 Å². The van der Waals surface area contributed by atoms with E-state index in [4.69, 9.17) is 5.73 Å².